The van der Waals surface area contributed by atoms with Crippen molar-refractivity contribution in [2.24, 2.45) is 0 Å². The summed E-state index contributed by atoms with van der Waals surface area (Å²) in [5, 5.41) is 10.2. The molecule has 0 saturated carbocycles. The van der Waals surface area contributed by atoms with Crippen LogP contribution < -0.4 is 10.1 Å². The molecule has 158 valence electrons. The number of ether oxygens (including phenoxy) is 1. The Morgan fingerprint density at radius 3 is 2.45 bits per heavy atom. The summed E-state index contributed by atoms with van der Waals surface area (Å²) in [4.78, 5) is 12.7. The lowest BCUT2D eigenvalue weighted by Gasteiger charge is -2.32. The minimum absolute atomic E-state index is 0.100. The Labute approximate surface area is 175 Å². The molecule has 2 aromatic rings. The normalized spacial score (nSPS) is 17.1. The second-order valence-electron chi connectivity index (χ2n) is 7.16. The van der Waals surface area contributed by atoms with Crippen LogP contribution in [0.4, 0.5) is 0 Å². The number of nitrogens with one attached hydrogen (secondary N) is 2. The number of piperidine rings is 1. The molecule has 10 heteroatoms. The van der Waals surface area contributed by atoms with E-state index in [1.807, 2.05) is 0 Å². The quantitative estimate of drug-likeness (QED) is 0.717. The number of benzene rings is 1. The summed E-state index contributed by atoms with van der Waals surface area (Å²) in [6.45, 7) is 5.72. The van der Waals surface area contributed by atoms with E-state index < -0.39 is 16.1 Å². The van der Waals surface area contributed by atoms with Crippen LogP contribution in [-0.4, -0.2) is 54.1 Å². The van der Waals surface area contributed by atoms with Gasteiger partial charge in [0.05, 0.1) is 11.4 Å². The van der Waals surface area contributed by atoms with E-state index in [-0.39, 0.29) is 16.8 Å². The molecule has 2 N–H and O–H groups in total. The summed E-state index contributed by atoms with van der Waals surface area (Å²) in [6, 6.07) is 6.70. The molecule has 1 aliphatic rings. The first-order valence-electron chi connectivity index (χ1n) is 9.43. The second kappa shape index (κ2) is 8.73. The molecule has 1 atom stereocenters. The van der Waals surface area contributed by atoms with Crippen molar-refractivity contribution in [3.05, 3.63) is 40.7 Å². The molecule has 0 bridgehead atoms. The monoisotopic (exact) mass is 440 g/mol. The topological polar surface area (TPSA) is 104 Å². The van der Waals surface area contributed by atoms with Crippen molar-refractivity contribution in [2.75, 3.05) is 13.1 Å². The zero-order chi connectivity index (χ0) is 21.2. The van der Waals surface area contributed by atoms with Gasteiger partial charge in [-0.15, -0.1) is 0 Å². The maximum atomic E-state index is 12.9. The van der Waals surface area contributed by atoms with Gasteiger partial charge in [0.2, 0.25) is 10.0 Å². The van der Waals surface area contributed by atoms with Crippen molar-refractivity contribution in [2.45, 2.75) is 50.7 Å². The average Bonchev–Trinajstić information content (AvgIpc) is 3.03. The van der Waals surface area contributed by atoms with E-state index >= 15 is 0 Å². The molecule has 1 aromatic carbocycles. The molecule has 8 nitrogen and oxygen atoms in total. The van der Waals surface area contributed by atoms with Gasteiger partial charge in [-0.05, 0) is 57.9 Å². The van der Waals surface area contributed by atoms with Crippen LogP contribution in [0, 0.1) is 13.8 Å². The number of hydrogen-bond donors (Lipinski definition) is 2. The third-order valence-corrected chi connectivity index (χ3v) is 7.37. The maximum Gasteiger partial charge on any atom is 0.260 e. The summed E-state index contributed by atoms with van der Waals surface area (Å²) >= 11 is 5.85. The van der Waals surface area contributed by atoms with Gasteiger partial charge in [-0.2, -0.15) is 9.40 Å². The molecule has 1 saturated heterocycles. The van der Waals surface area contributed by atoms with E-state index in [1.165, 1.54) is 4.31 Å². The van der Waals surface area contributed by atoms with Crippen LogP contribution in [0.2, 0.25) is 5.02 Å². The number of halogens is 1. The van der Waals surface area contributed by atoms with E-state index in [9.17, 15) is 13.2 Å². The minimum atomic E-state index is -3.60. The Morgan fingerprint density at radius 2 is 1.90 bits per heavy atom. The summed E-state index contributed by atoms with van der Waals surface area (Å²) in [5.74, 6) is 0.326. The van der Waals surface area contributed by atoms with Gasteiger partial charge in [-0.1, -0.05) is 11.6 Å². The molecule has 0 spiro atoms. The van der Waals surface area contributed by atoms with E-state index in [4.69, 9.17) is 16.3 Å². The number of H-pyrrole nitrogens is 1. The van der Waals surface area contributed by atoms with Gasteiger partial charge in [-0.25, -0.2) is 8.42 Å². The van der Waals surface area contributed by atoms with Gasteiger partial charge in [0.1, 0.15) is 10.6 Å². The van der Waals surface area contributed by atoms with Gasteiger partial charge < -0.3 is 10.1 Å². The number of carbonyl (C=O) groups excluding carboxylic acids is 1. The fourth-order valence-electron chi connectivity index (χ4n) is 3.38. The number of hydrogen-bond acceptors (Lipinski definition) is 5. The maximum absolute atomic E-state index is 12.9. The first-order valence-corrected chi connectivity index (χ1v) is 11.2. The number of rotatable bonds is 6. The average molecular weight is 441 g/mol. The van der Waals surface area contributed by atoms with Gasteiger partial charge in [0.25, 0.3) is 5.91 Å². The summed E-state index contributed by atoms with van der Waals surface area (Å²) in [7, 11) is -3.60. The SMILES string of the molecule is Cc1n[nH]c(C)c1S(=O)(=O)N1CCC(NC(=O)C(C)Oc2ccc(Cl)cc2)CC1. The van der Waals surface area contributed by atoms with E-state index in [2.05, 4.69) is 15.5 Å². The first kappa shape index (κ1) is 21.6. The Bertz CT molecular complexity index is 947. The van der Waals surface area contributed by atoms with Crippen LogP contribution >= 0.6 is 11.6 Å². The number of aromatic nitrogens is 2. The number of carbonyl (C=O) groups is 1. The van der Waals surface area contributed by atoms with Crippen molar-refractivity contribution >= 4 is 27.5 Å². The van der Waals surface area contributed by atoms with Gasteiger partial charge >= 0.3 is 0 Å². The van der Waals surface area contributed by atoms with E-state index in [1.54, 1.807) is 45.0 Å². The third-order valence-electron chi connectivity index (χ3n) is 4.95. The van der Waals surface area contributed by atoms with Gasteiger partial charge in [0.15, 0.2) is 6.10 Å². The number of aryl methyl sites for hydroxylation is 2. The molecule has 2 heterocycles. The molecule has 3 rings (SSSR count). The number of nitrogens with zero attached hydrogens (tertiary/aromatic N) is 2. The van der Waals surface area contributed by atoms with E-state index in [0.717, 1.165) is 0 Å². The summed E-state index contributed by atoms with van der Waals surface area (Å²) < 4.78 is 32.9. The van der Waals surface area contributed by atoms with Crippen LogP contribution in [0.3, 0.4) is 0 Å². The Balaban J connectivity index is 1.54. The van der Waals surface area contributed by atoms with Crippen LogP contribution in [0.1, 0.15) is 31.2 Å². The fraction of sp³-hybridized carbons (Fsp3) is 0.474. The molecule has 1 aliphatic heterocycles. The third kappa shape index (κ3) is 4.91. The highest BCUT2D eigenvalue weighted by atomic mass is 35.5. The van der Waals surface area contributed by atoms with Gasteiger partial charge in [0, 0.05) is 24.2 Å². The van der Waals surface area contributed by atoms with Crippen LogP contribution in [-0.2, 0) is 14.8 Å². The highest BCUT2D eigenvalue weighted by molar-refractivity contribution is 7.89. The Morgan fingerprint density at radius 1 is 1.28 bits per heavy atom. The Kier molecular flexibility index (Phi) is 6.50. The number of sulfonamides is 1. The van der Waals surface area contributed by atoms with Crippen molar-refractivity contribution in [1.29, 1.82) is 0 Å². The molecule has 29 heavy (non-hydrogen) atoms. The molecule has 1 unspecified atom stereocenters. The molecule has 1 fully saturated rings. The standard InChI is InChI=1S/C19H25ClN4O4S/c1-12-18(13(2)23-22-12)29(26,27)24-10-8-16(9-11-24)21-19(25)14(3)28-17-6-4-15(20)5-7-17/h4-7,14,16H,8-11H2,1-3H3,(H,21,25)(H,22,23). The predicted octanol–water partition coefficient (Wildman–Crippen LogP) is 2.42. The van der Waals surface area contributed by atoms with Crippen molar-refractivity contribution in [1.82, 2.24) is 19.8 Å². The molecule has 0 radical (unpaired) electrons. The number of aromatic amines is 1. The lowest BCUT2D eigenvalue weighted by atomic mass is 10.1. The Hall–Kier alpha value is -2.10. The predicted molar refractivity (Wildman–Crippen MR) is 110 cm³/mol. The minimum Gasteiger partial charge on any atom is -0.481 e. The molecule has 0 aliphatic carbocycles. The highest BCUT2D eigenvalue weighted by Crippen LogP contribution is 2.25. The highest BCUT2D eigenvalue weighted by Gasteiger charge is 2.33. The van der Waals surface area contributed by atoms with E-state index in [0.29, 0.717) is 48.1 Å². The lowest BCUT2D eigenvalue weighted by molar-refractivity contribution is -0.128. The zero-order valence-corrected chi connectivity index (χ0v) is 18.2. The summed E-state index contributed by atoms with van der Waals surface area (Å²) in [5.41, 5.74) is 0.997. The smallest absolute Gasteiger partial charge is 0.260 e. The largest absolute Gasteiger partial charge is 0.481 e. The van der Waals surface area contributed by atoms with Crippen molar-refractivity contribution in [3.8, 4) is 5.75 Å². The van der Waals surface area contributed by atoms with Gasteiger partial charge in [-0.3, -0.25) is 9.89 Å². The zero-order valence-electron chi connectivity index (χ0n) is 16.6. The molecular formula is C19H25ClN4O4S. The van der Waals surface area contributed by atoms with Crippen molar-refractivity contribution in [3.63, 3.8) is 0 Å². The fourth-order valence-corrected chi connectivity index (χ4v) is 5.31. The molecular weight excluding hydrogens is 416 g/mol. The van der Waals surface area contributed by atoms with Crippen LogP contribution in [0.25, 0.3) is 0 Å². The van der Waals surface area contributed by atoms with Crippen LogP contribution in [0.5, 0.6) is 5.75 Å². The lowest BCUT2D eigenvalue weighted by Crippen LogP contribution is -2.49. The summed E-state index contributed by atoms with van der Waals surface area (Å²) in [6.07, 6.45) is 0.401. The second-order valence-corrected chi connectivity index (χ2v) is 9.48. The first-order chi connectivity index (χ1) is 13.7. The molecule has 1 aromatic heterocycles. The van der Waals surface area contributed by atoms with Crippen LogP contribution in [0.15, 0.2) is 29.2 Å². The van der Waals surface area contributed by atoms with Crippen molar-refractivity contribution < 1.29 is 17.9 Å². The number of amides is 1. The molecule has 1 amide bonds.